The number of amides is 1. The molecule has 2 aliphatic heterocycles. The third-order valence-corrected chi connectivity index (χ3v) is 4.71. The fourth-order valence-electron chi connectivity index (χ4n) is 3.26. The maximum Gasteiger partial charge on any atom is 0.272 e. The molecule has 1 amide bonds. The van der Waals surface area contributed by atoms with E-state index in [9.17, 15) is 4.79 Å². The van der Waals surface area contributed by atoms with Gasteiger partial charge in [-0.15, -0.1) is 0 Å². The smallest absolute Gasteiger partial charge is 0.272 e. The summed E-state index contributed by atoms with van der Waals surface area (Å²) in [6, 6.07) is 5.54. The van der Waals surface area contributed by atoms with Crippen molar-refractivity contribution in [2.45, 2.75) is 25.2 Å². The van der Waals surface area contributed by atoms with E-state index in [0.29, 0.717) is 57.2 Å². The third kappa shape index (κ3) is 3.66. The number of nitrogens with one attached hydrogen (secondary N) is 1. The molecule has 0 bridgehead atoms. The number of likely N-dealkylation sites (tertiary alicyclic amines) is 1. The lowest BCUT2D eigenvalue weighted by molar-refractivity contribution is -0.181. The predicted molar refractivity (Wildman–Crippen MR) is 93.4 cm³/mol. The van der Waals surface area contributed by atoms with Gasteiger partial charge in [0, 0.05) is 50.9 Å². The second-order valence-electron chi connectivity index (χ2n) is 6.40. The minimum atomic E-state index is -0.487. The summed E-state index contributed by atoms with van der Waals surface area (Å²) in [5, 5.41) is 3.20. The zero-order chi connectivity index (χ0) is 17.8. The van der Waals surface area contributed by atoms with Gasteiger partial charge in [-0.25, -0.2) is 9.97 Å². The Hall–Kier alpha value is -2.58. The van der Waals surface area contributed by atoms with Crippen molar-refractivity contribution < 1.29 is 14.3 Å². The molecular weight excluding hydrogens is 334 g/mol. The van der Waals surface area contributed by atoms with Gasteiger partial charge in [-0.2, -0.15) is 0 Å². The zero-order valence-corrected chi connectivity index (χ0v) is 14.4. The molecule has 0 aliphatic carbocycles. The molecule has 8 nitrogen and oxygen atoms in total. The number of rotatable bonds is 4. The number of hydrogen-bond donors (Lipinski definition) is 1. The van der Waals surface area contributed by atoms with Crippen molar-refractivity contribution in [2.75, 3.05) is 31.6 Å². The summed E-state index contributed by atoms with van der Waals surface area (Å²) in [4.78, 5) is 26.9. The maximum absolute atomic E-state index is 12.7. The van der Waals surface area contributed by atoms with Gasteiger partial charge in [-0.3, -0.25) is 9.78 Å². The molecule has 26 heavy (non-hydrogen) atoms. The van der Waals surface area contributed by atoms with Gasteiger partial charge >= 0.3 is 0 Å². The lowest BCUT2D eigenvalue weighted by Crippen LogP contribution is -2.47. The first-order valence-corrected chi connectivity index (χ1v) is 8.76. The van der Waals surface area contributed by atoms with Crippen molar-refractivity contribution in [3.63, 3.8) is 0 Å². The molecule has 4 heterocycles. The van der Waals surface area contributed by atoms with Gasteiger partial charge in [0.15, 0.2) is 5.79 Å². The van der Waals surface area contributed by atoms with Crippen LogP contribution in [0, 0.1) is 0 Å². The number of ether oxygens (including phenoxy) is 2. The van der Waals surface area contributed by atoms with Crippen LogP contribution in [0.25, 0.3) is 0 Å². The molecule has 0 radical (unpaired) electrons. The topological polar surface area (TPSA) is 89.5 Å². The molecule has 2 fully saturated rings. The Labute approximate surface area is 151 Å². The molecule has 2 saturated heterocycles. The van der Waals surface area contributed by atoms with E-state index < -0.39 is 5.79 Å². The summed E-state index contributed by atoms with van der Waals surface area (Å²) >= 11 is 0. The van der Waals surface area contributed by atoms with Crippen molar-refractivity contribution in [2.24, 2.45) is 0 Å². The zero-order valence-electron chi connectivity index (χ0n) is 14.4. The van der Waals surface area contributed by atoms with Crippen LogP contribution in [-0.4, -0.2) is 57.8 Å². The number of carbonyl (C=O) groups excluding carboxylic acids is 1. The van der Waals surface area contributed by atoms with Gasteiger partial charge in [0.2, 0.25) is 0 Å². The van der Waals surface area contributed by atoms with E-state index in [1.165, 1.54) is 6.33 Å². The first-order chi connectivity index (χ1) is 12.7. The minimum Gasteiger partial charge on any atom is -0.366 e. The van der Waals surface area contributed by atoms with Gasteiger partial charge in [-0.05, 0) is 11.6 Å². The van der Waals surface area contributed by atoms with Crippen LogP contribution < -0.4 is 5.32 Å². The SMILES string of the molecule is O=C(c1cc(NCc2cccnc2)ncn1)N1CCC2(CC1)OCCO2. The molecule has 0 unspecified atom stereocenters. The number of nitrogens with zero attached hydrogens (tertiary/aromatic N) is 4. The first-order valence-electron chi connectivity index (χ1n) is 8.76. The lowest BCUT2D eigenvalue weighted by Gasteiger charge is -2.37. The van der Waals surface area contributed by atoms with Gasteiger partial charge < -0.3 is 19.7 Å². The maximum atomic E-state index is 12.7. The summed E-state index contributed by atoms with van der Waals surface area (Å²) in [6.07, 6.45) is 6.31. The number of pyridine rings is 1. The molecule has 0 saturated carbocycles. The van der Waals surface area contributed by atoms with Gasteiger partial charge in [0.05, 0.1) is 13.2 Å². The van der Waals surface area contributed by atoms with Gasteiger partial charge in [-0.1, -0.05) is 6.07 Å². The Balaban J connectivity index is 1.37. The summed E-state index contributed by atoms with van der Waals surface area (Å²) in [6.45, 7) is 3.04. The predicted octanol–water partition coefficient (Wildman–Crippen LogP) is 1.46. The van der Waals surface area contributed by atoms with E-state index in [1.807, 2.05) is 12.1 Å². The molecule has 2 aliphatic rings. The van der Waals surface area contributed by atoms with Crippen molar-refractivity contribution in [3.8, 4) is 0 Å². The highest BCUT2D eigenvalue weighted by atomic mass is 16.7. The average Bonchev–Trinajstić information content (AvgIpc) is 3.15. The van der Waals surface area contributed by atoms with E-state index >= 15 is 0 Å². The molecular formula is C18H21N5O3. The van der Waals surface area contributed by atoms with Crippen LogP contribution in [0.3, 0.4) is 0 Å². The van der Waals surface area contributed by atoms with Gasteiger partial charge in [0.25, 0.3) is 5.91 Å². The number of carbonyl (C=O) groups is 1. The van der Waals surface area contributed by atoms with E-state index in [4.69, 9.17) is 9.47 Å². The molecule has 4 rings (SSSR count). The van der Waals surface area contributed by atoms with Crippen molar-refractivity contribution in [1.82, 2.24) is 19.9 Å². The van der Waals surface area contributed by atoms with Crippen LogP contribution in [0.5, 0.6) is 0 Å². The standard InChI is InChI=1S/C18H21N5O3/c24-17(23-6-3-18(4-7-23)25-8-9-26-18)15-10-16(22-13-21-15)20-12-14-2-1-5-19-11-14/h1-2,5,10-11,13H,3-4,6-9,12H2,(H,20,21,22). The first kappa shape index (κ1) is 16.9. The van der Waals surface area contributed by atoms with Crippen molar-refractivity contribution in [1.29, 1.82) is 0 Å². The van der Waals surface area contributed by atoms with Crippen LogP contribution in [0.4, 0.5) is 5.82 Å². The quantitative estimate of drug-likeness (QED) is 0.888. The van der Waals surface area contributed by atoms with Crippen LogP contribution in [0.2, 0.25) is 0 Å². The highest BCUT2D eigenvalue weighted by molar-refractivity contribution is 5.93. The second kappa shape index (κ2) is 7.35. The Kier molecular flexibility index (Phi) is 4.77. The molecule has 0 aromatic carbocycles. The summed E-state index contributed by atoms with van der Waals surface area (Å²) in [5.41, 5.74) is 1.43. The average molecular weight is 355 g/mol. The number of anilines is 1. The molecule has 2 aromatic rings. The summed E-state index contributed by atoms with van der Waals surface area (Å²) < 4.78 is 11.4. The van der Waals surface area contributed by atoms with E-state index in [2.05, 4.69) is 20.3 Å². The highest BCUT2D eigenvalue weighted by Gasteiger charge is 2.41. The number of aromatic nitrogens is 3. The van der Waals surface area contributed by atoms with Crippen molar-refractivity contribution >= 4 is 11.7 Å². The van der Waals surface area contributed by atoms with Crippen LogP contribution in [-0.2, 0) is 16.0 Å². The monoisotopic (exact) mass is 355 g/mol. The van der Waals surface area contributed by atoms with Gasteiger partial charge in [0.1, 0.15) is 17.8 Å². The molecule has 136 valence electrons. The van der Waals surface area contributed by atoms with E-state index in [1.54, 1.807) is 23.4 Å². The Morgan fingerprint density at radius 2 is 2.04 bits per heavy atom. The molecule has 2 aromatic heterocycles. The fourth-order valence-corrected chi connectivity index (χ4v) is 3.26. The van der Waals surface area contributed by atoms with Crippen LogP contribution in [0.15, 0.2) is 36.9 Å². The largest absolute Gasteiger partial charge is 0.366 e. The number of hydrogen-bond acceptors (Lipinski definition) is 7. The summed E-state index contributed by atoms with van der Waals surface area (Å²) in [5.74, 6) is 0.0339. The Bertz CT molecular complexity index is 754. The lowest BCUT2D eigenvalue weighted by atomic mass is 10.0. The van der Waals surface area contributed by atoms with Crippen LogP contribution in [0.1, 0.15) is 28.9 Å². The Morgan fingerprint density at radius 3 is 2.77 bits per heavy atom. The minimum absolute atomic E-state index is 0.0929. The highest BCUT2D eigenvalue weighted by Crippen LogP contribution is 2.31. The van der Waals surface area contributed by atoms with Crippen molar-refractivity contribution in [3.05, 3.63) is 48.2 Å². The number of piperidine rings is 1. The fraction of sp³-hybridized carbons (Fsp3) is 0.444. The molecule has 1 N–H and O–H groups in total. The summed E-state index contributed by atoms with van der Waals surface area (Å²) in [7, 11) is 0. The molecule has 8 heteroatoms. The third-order valence-electron chi connectivity index (χ3n) is 4.71. The molecule has 1 spiro atoms. The molecule has 0 atom stereocenters. The van der Waals surface area contributed by atoms with E-state index in [-0.39, 0.29) is 5.91 Å². The van der Waals surface area contributed by atoms with Crippen LogP contribution >= 0.6 is 0 Å². The Morgan fingerprint density at radius 1 is 1.23 bits per heavy atom. The second-order valence-corrected chi connectivity index (χ2v) is 6.40. The normalized spacial score (nSPS) is 18.8. The van der Waals surface area contributed by atoms with E-state index in [0.717, 1.165) is 5.56 Å².